The third kappa shape index (κ3) is 1.67. The van der Waals surface area contributed by atoms with Gasteiger partial charge in [-0.15, -0.1) is 0 Å². The van der Waals surface area contributed by atoms with Crippen LogP contribution in [-0.2, 0) is 13.1 Å². The normalized spacial score (nSPS) is 14.7. The standard InChI is InChI=1S/C11H14N6/c12-9-5-11(14-6-10(9)13)16-3-4-17-8(7-16)1-2-15-17/h1-2,5-6H,3-4,7,13H2,(H2,12,14). The zero-order valence-corrected chi connectivity index (χ0v) is 9.37. The minimum absolute atomic E-state index is 0.524. The van der Waals surface area contributed by atoms with Gasteiger partial charge >= 0.3 is 0 Å². The van der Waals surface area contributed by atoms with Crippen LogP contribution in [0.2, 0.25) is 0 Å². The van der Waals surface area contributed by atoms with E-state index in [2.05, 4.69) is 15.0 Å². The van der Waals surface area contributed by atoms with Crippen molar-refractivity contribution in [2.75, 3.05) is 22.9 Å². The summed E-state index contributed by atoms with van der Waals surface area (Å²) in [6.45, 7) is 2.55. The summed E-state index contributed by atoms with van der Waals surface area (Å²) < 4.78 is 2.01. The van der Waals surface area contributed by atoms with Gasteiger partial charge in [-0.05, 0) is 6.07 Å². The number of nitrogens with two attached hydrogens (primary N) is 2. The highest BCUT2D eigenvalue weighted by Gasteiger charge is 2.17. The Morgan fingerprint density at radius 1 is 1.18 bits per heavy atom. The number of hydrogen-bond donors (Lipinski definition) is 2. The van der Waals surface area contributed by atoms with Gasteiger partial charge < -0.3 is 16.4 Å². The van der Waals surface area contributed by atoms with Crippen LogP contribution < -0.4 is 16.4 Å². The van der Waals surface area contributed by atoms with Gasteiger partial charge in [-0.25, -0.2) is 4.98 Å². The monoisotopic (exact) mass is 230 g/mol. The molecule has 0 bridgehead atoms. The van der Waals surface area contributed by atoms with Gasteiger partial charge in [0.2, 0.25) is 0 Å². The molecule has 0 spiro atoms. The van der Waals surface area contributed by atoms with Crippen molar-refractivity contribution in [1.29, 1.82) is 0 Å². The third-order valence-electron chi connectivity index (χ3n) is 3.02. The van der Waals surface area contributed by atoms with Crippen molar-refractivity contribution in [3.63, 3.8) is 0 Å². The van der Waals surface area contributed by atoms with Crippen molar-refractivity contribution in [3.05, 3.63) is 30.2 Å². The van der Waals surface area contributed by atoms with E-state index in [-0.39, 0.29) is 0 Å². The topological polar surface area (TPSA) is 86.0 Å². The molecule has 0 fully saturated rings. The van der Waals surface area contributed by atoms with Crippen LogP contribution >= 0.6 is 0 Å². The van der Waals surface area contributed by atoms with E-state index in [4.69, 9.17) is 11.5 Å². The maximum absolute atomic E-state index is 5.79. The molecule has 3 rings (SSSR count). The quantitative estimate of drug-likeness (QED) is 0.743. The first-order valence-electron chi connectivity index (χ1n) is 5.50. The molecular weight excluding hydrogens is 216 g/mol. The molecule has 0 aliphatic carbocycles. The molecule has 1 aliphatic rings. The fraction of sp³-hybridized carbons (Fsp3) is 0.273. The van der Waals surface area contributed by atoms with Crippen LogP contribution in [0.15, 0.2) is 24.5 Å². The summed E-state index contributed by atoms with van der Waals surface area (Å²) in [6, 6.07) is 3.84. The summed E-state index contributed by atoms with van der Waals surface area (Å²) in [5.41, 5.74) is 13.7. The number of nitrogen functional groups attached to an aromatic ring is 2. The second kappa shape index (κ2) is 3.65. The molecule has 0 unspecified atom stereocenters. The maximum Gasteiger partial charge on any atom is 0.131 e. The Morgan fingerprint density at radius 2 is 2.06 bits per heavy atom. The van der Waals surface area contributed by atoms with E-state index in [1.807, 2.05) is 23.0 Å². The van der Waals surface area contributed by atoms with Gasteiger partial charge in [0.25, 0.3) is 0 Å². The maximum atomic E-state index is 5.79. The Balaban J connectivity index is 1.89. The number of fused-ring (bicyclic) bond motifs is 1. The van der Waals surface area contributed by atoms with Gasteiger partial charge in [-0.3, -0.25) is 4.68 Å². The van der Waals surface area contributed by atoms with E-state index >= 15 is 0 Å². The number of hydrogen-bond acceptors (Lipinski definition) is 5. The van der Waals surface area contributed by atoms with Crippen molar-refractivity contribution in [2.45, 2.75) is 13.1 Å². The summed E-state index contributed by atoms with van der Waals surface area (Å²) in [5.74, 6) is 0.865. The summed E-state index contributed by atoms with van der Waals surface area (Å²) in [6.07, 6.45) is 3.43. The van der Waals surface area contributed by atoms with E-state index in [1.54, 1.807) is 6.20 Å². The lowest BCUT2D eigenvalue weighted by molar-refractivity contribution is 0.517. The first-order valence-corrected chi connectivity index (χ1v) is 5.50. The molecule has 0 saturated carbocycles. The van der Waals surface area contributed by atoms with Gasteiger partial charge in [0, 0.05) is 18.8 Å². The number of aromatic nitrogens is 3. The molecule has 2 aromatic rings. The van der Waals surface area contributed by atoms with Crippen LogP contribution in [0, 0.1) is 0 Å². The molecule has 0 radical (unpaired) electrons. The summed E-state index contributed by atoms with van der Waals surface area (Å²) in [4.78, 5) is 6.48. The van der Waals surface area contributed by atoms with Gasteiger partial charge in [-0.2, -0.15) is 5.10 Å². The fourth-order valence-electron chi connectivity index (χ4n) is 2.02. The van der Waals surface area contributed by atoms with Crippen LogP contribution in [0.3, 0.4) is 0 Å². The molecular formula is C11H14N6. The van der Waals surface area contributed by atoms with Crippen LogP contribution in [0.5, 0.6) is 0 Å². The van der Waals surface area contributed by atoms with Crippen molar-refractivity contribution < 1.29 is 0 Å². The van der Waals surface area contributed by atoms with E-state index in [0.717, 1.165) is 25.5 Å². The Morgan fingerprint density at radius 3 is 2.88 bits per heavy atom. The SMILES string of the molecule is Nc1cnc(N2CCn3nccc3C2)cc1N. The molecule has 0 saturated heterocycles. The molecule has 2 aromatic heterocycles. The summed E-state index contributed by atoms with van der Waals surface area (Å²) >= 11 is 0. The lowest BCUT2D eigenvalue weighted by atomic mass is 10.2. The number of nitrogens with zero attached hydrogens (tertiary/aromatic N) is 4. The number of pyridine rings is 1. The van der Waals surface area contributed by atoms with E-state index in [0.29, 0.717) is 11.4 Å². The number of anilines is 3. The molecule has 0 aromatic carbocycles. The number of rotatable bonds is 1. The Bertz CT molecular complexity index is 547. The van der Waals surface area contributed by atoms with Crippen molar-refractivity contribution in [3.8, 4) is 0 Å². The third-order valence-corrected chi connectivity index (χ3v) is 3.02. The highest BCUT2D eigenvalue weighted by atomic mass is 15.3. The molecule has 3 heterocycles. The summed E-state index contributed by atoms with van der Waals surface area (Å²) in [5, 5.41) is 4.24. The Labute approximate surface area is 98.8 Å². The average molecular weight is 230 g/mol. The van der Waals surface area contributed by atoms with Crippen LogP contribution in [0.25, 0.3) is 0 Å². The first-order chi connectivity index (χ1) is 8.24. The molecule has 17 heavy (non-hydrogen) atoms. The predicted molar refractivity (Wildman–Crippen MR) is 66.3 cm³/mol. The minimum atomic E-state index is 0.524. The lowest BCUT2D eigenvalue weighted by Crippen LogP contribution is -2.34. The molecule has 88 valence electrons. The largest absolute Gasteiger partial charge is 0.397 e. The summed E-state index contributed by atoms with van der Waals surface area (Å²) in [7, 11) is 0. The van der Waals surface area contributed by atoms with Gasteiger partial charge in [0.05, 0.1) is 36.4 Å². The van der Waals surface area contributed by atoms with Crippen LogP contribution in [-0.4, -0.2) is 21.3 Å². The van der Waals surface area contributed by atoms with E-state index in [9.17, 15) is 0 Å². The molecule has 6 nitrogen and oxygen atoms in total. The van der Waals surface area contributed by atoms with Gasteiger partial charge in [0.1, 0.15) is 5.82 Å². The van der Waals surface area contributed by atoms with Crippen LogP contribution in [0.1, 0.15) is 5.69 Å². The second-order valence-electron chi connectivity index (χ2n) is 4.14. The molecule has 0 atom stereocenters. The fourth-order valence-corrected chi connectivity index (χ4v) is 2.02. The molecule has 4 N–H and O–H groups in total. The van der Waals surface area contributed by atoms with Crippen LogP contribution in [0.4, 0.5) is 17.2 Å². The minimum Gasteiger partial charge on any atom is -0.397 e. The zero-order chi connectivity index (χ0) is 11.8. The highest BCUT2D eigenvalue weighted by molar-refractivity contribution is 5.66. The van der Waals surface area contributed by atoms with Crippen molar-refractivity contribution in [2.24, 2.45) is 0 Å². The van der Waals surface area contributed by atoms with Crippen molar-refractivity contribution >= 4 is 17.2 Å². The van der Waals surface area contributed by atoms with E-state index in [1.165, 1.54) is 5.69 Å². The van der Waals surface area contributed by atoms with Gasteiger partial charge in [0.15, 0.2) is 0 Å². The smallest absolute Gasteiger partial charge is 0.131 e. The van der Waals surface area contributed by atoms with Gasteiger partial charge in [-0.1, -0.05) is 0 Å². The van der Waals surface area contributed by atoms with E-state index < -0.39 is 0 Å². The lowest BCUT2D eigenvalue weighted by Gasteiger charge is -2.28. The average Bonchev–Trinajstić information content (AvgIpc) is 2.79. The first kappa shape index (κ1) is 9.95. The Hall–Kier alpha value is -2.24. The highest BCUT2D eigenvalue weighted by Crippen LogP contribution is 2.23. The molecule has 6 heteroatoms. The predicted octanol–water partition coefficient (Wildman–Crippen LogP) is 0.463. The second-order valence-corrected chi connectivity index (χ2v) is 4.14. The molecule has 0 amide bonds. The van der Waals surface area contributed by atoms with Crippen molar-refractivity contribution in [1.82, 2.24) is 14.8 Å². The zero-order valence-electron chi connectivity index (χ0n) is 9.37. The molecule has 1 aliphatic heterocycles. The Kier molecular flexibility index (Phi) is 2.14.